The molecule has 3 aromatic carbocycles. The number of aryl methyl sites for hydroxylation is 1. The largest absolute Gasteiger partial charge is 0.497 e. The number of nitrogens with one attached hydrogen (secondary N) is 1. The van der Waals surface area contributed by atoms with Crippen LogP contribution in [0, 0.1) is 12.7 Å². The number of Topliss-reactive ketones (excluding diaryl/α,β-unsaturated/α-hetero) is 1. The van der Waals surface area contributed by atoms with Gasteiger partial charge in [0.1, 0.15) is 11.6 Å². The van der Waals surface area contributed by atoms with E-state index in [1.807, 2.05) is 55.5 Å². The molecule has 0 fully saturated rings. The molecule has 0 spiro atoms. The van der Waals surface area contributed by atoms with Crippen LogP contribution in [0.2, 0.25) is 0 Å². The Kier molecular flexibility index (Phi) is 5.87. The number of ether oxygens (including phenoxy) is 1. The minimum absolute atomic E-state index is 0.0467. The Labute approximate surface area is 158 Å². The van der Waals surface area contributed by atoms with Gasteiger partial charge in [-0.3, -0.25) is 4.79 Å². The molecule has 1 N–H and O–H groups in total. The molecule has 0 aliphatic rings. The van der Waals surface area contributed by atoms with Crippen LogP contribution < -0.4 is 10.1 Å². The Hall–Kier alpha value is -3.14. The first-order chi connectivity index (χ1) is 13.0. The molecule has 3 nitrogen and oxygen atoms in total. The zero-order valence-corrected chi connectivity index (χ0v) is 15.4. The standard InChI is InChI=1S/C23H22FNO2/c1-16-3-5-18(6-4-16)23(26)15-22(17-7-13-21(27-2)14-8-17)25-20-11-9-19(24)10-12-20/h3-14,22,25H,15H2,1-2H3/t22-/m1/s1. The average Bonchev–Trinajstić information content (AvgIpc) is 2.69. The van der Waals surface area contributed by atoms with Crippen LogP contribution >= 0.6 is 0 Å². The highest BCUT2D eigenvalue weighted by molar-refractivity contribution is 5.96. The van der Waals surface area contributed by atoms with Crippen molar-refractivity contribution < 1.29 is 13.9 Å². The molecule has 0 heterocycles. The van der Waals surface area contributed by atoms with Crippen LogP contribution in [-0.4, -0.2) is 12.9 Å². The van der Waals surface area contributed by atoms with E-state index < -0.39 is 0 Å². The number of carbonyl (C=O) groups is 1. The molecule has 0 amide bonds. The molecule has 3 rings (SSSR count). The first-order valence-electron chi connectivity index (χ1n) is 8.81. The second-order valence-electron chi connectivity index (χ2n) is 6.47. The SMILES string of the molecule is COc1ccc([C@@H](CC(=O)c2ccc(C)cc2)Nc2ccc(F)cc2)cc1. The summed E-state index contributed by atoms with van der Waals surface area (Å²) < 4.78 is 18.4. The van der Waals surface area contributed by atoms with Crippen molar-refractivity contribution in [2.24, 2.45) is 0 Å². The molecule has 27 heavy (non-hydrogen) atoms. The number of ketones is 1. The highest BCUT2D eigenvalue weighted by Gasteiger charge is 2.17. The fourth-order valence-electron chi connectivity index (χ4n) is 2.88. The summed E-state index contributed by atoms with van der Waals surface area (Å²) in [4.78, 5) is 12.8. The van der Waals surface area contributed by atoms with Crippen molar-refractivity contribution in [3.8, 4) is 5.75 Å². The van der Waals surface area contributed by atoms with Gasteiger partial charge in [-0.1, -0.05) is 42.0 Å². The summed E-state index contributed by atoms with van der Waals surface area (Å²) in [7, 11) is 1.62. The van der Waals surface area contributed by atoms with Crippen LogP contribution in [0.5, 0.6) is 5.75 Å². The summed E-state index contributed by atoms with van der Waals surface area (Å²) in [6, 6.07) is 21.1. The van der Waals surface area contributed by atoms with Crippen molar-refractivity contribution in [2.75, 3.05) is 12.4 Å². The van der Waals surface area contributed by atoms with E-state index in [1.54, 1.807) is 19.2 Å². The minimum atomic E-state index is -0.294. The van der Waals surface area contributed by atoms with E-state index in [9.17, 15) is 9.18 Å². The van der Waals surface area contributed by atoms with E-state index in [0.29, 0.717) is 5.56 Å². The quantitative estimate of drug-likeness (QED) is 0.558. The van der Waals surface area contributed by atoms with E-state index in [4.69, 9.17) is 4.74 Å². The van der Waals surface area contributed by atoms with Gasteiger partial charge in [-0.05, 0) is 48.9 Å². The van der Waals surface area contributed by atoms with E-state index in [2.05, 4.69) is 5.32 Å². The smallest absolute Gasteiger partial charge is 0.165 e. The van der Waals surface area contributed by atoms with Crippen LogP contribution in [-0.2, 0) is 0 Å². The third-order valence-electron chi connectivity index (χ3n) is 4.47. The van der Waals surface area contributed by atoms with E-state index in [0.717, 1.165) is 22.6 Å². The highest BCUT2D eigenvalue weighted by Crippen LogP contribution is 2.26. The molecule has 0 saturated carbocycles. The lowest BCUT2D eigenvalue weighted by molar-refractivity contribution is 0.0976. The lowest BCUT2D eigenvalue weighted by Crippen LogP contribution is -2.16. The van der Waals surface area contributed by atoms with Gasteiger partial charge < -0.3 is 10.1 Å². The first-order valence-corrected chi connectivity index (χ1v) is 8.81. The monoisotopic (exact) mass is 363 g/mol. The molecule has 0 aliphatic carbocycles. The average molecular weight is 363 g/mol. The van der Waals surface area contributed by atoms with Crippen molar-refractivity contribution in [1.82, 2.24) is 0 Å². The Bertz CT molecular complexity index is 887. The fourth-order valence-corrected chi connectivity index (χ4v) is 2.88. The maximum absolute atomic E-state index is 13.2. The molecule has 4 heteroatoms. The Balaban J connectivity index is 1.84. The van der Waals surface area contributed by atoms with Gasteiger partial charge in [-0.2, -0.15) is 0 Å². The van der Waals surface area contributed by atoms with E-state index in [-0.39, 0.29) is 24.1 Å². The number of hydrogen-bond acceptors (Lipinski definition) is 3. The Morgan fingerprint density at radius 1 is 0.963 bits per heavy atom. The number of methoxy groups -OCH3 is 1. The van der Waals surface area contributed by atoms with Gasteiger partial charge in [-0.15, -0.1) is 0 Å². The zero-order chi connectivity index (χ0) is 19.2. The maximum atomic E-state index is 13.2. The molecule has 0 saturated heterocycles. The predicted molar refractivity (Wildman–Crippen MR) is 106 cm³/mol. The van der Waals surface area contributed by atoms with Crippen molar-refractivity contribution in [2.45, 2.75) is 19.4 Å². The van der Waals surface area contributed by atoms with Gasteiger partial charge in [0.15, 0.2) is 5.78 Å². The number of benzene rings is 3. The first kappa shape index (κ1) is 18.6. The van der Waals surface area contributed by atoms with Gasteiger partial charge in [0.2, 0.25) is 0 Å². The number of anilines is 1. The zero-order valence-electron chi connectivity index (χ0n) is 15.4. The molecule has 1 atom stereocenters. The number of halogens is 1. The minimum Gasteiger partial charge on any atom is -0.497 e. The molecule has 3 aromatic rings. The van der Waals surface area contributed by atoms with Crippen molar-refractivity contribution >= 4 is 11.5 Å². The van der Waals surface area contributed by atoms with Gasteiger partial charge in [-0.25, -0.2) is 4.39 Å². The van der Waals surface area contributed by atoms with Crippen molar-refractivity contribution in [3.05, 3.63) is 95.3 Å². The Morgan fingerprint density at radius 2 is 1.59 bits per heavy atom. The fraction of sp³-hybridized carbons (Fsp3) is 0.174. The number of hydrogen-bond donors (Lipinski definition) is 1. The predicted octanol–water partition coefficient (Wildman–Crippen LogP) is 5.57. The third kappa shape index (κ3) is 4.94. The third-order valence-corrected chi connectivity index (χ3v) is 4.47. The van der Waals surface area contributed by atoms with Crippen LogP contribution in [0.1, 0.15) is 33.9 Å². The highest BCUT2D eigenvalue weighted by atomic mass is 19.1. The number of carbonyl (C=O) groups excluding carboxylic acids is 1. The molecule has 0 radical (unpaired) electrons. The molecule has 0 aliphatic heterocycles. The maximum Gasteiger partial charge on any atom is 0.165 e. The van der Waals surface area contributed by atoms with Crippen LogP contribution in [0.15, 0.2) is 72.8 Å². The topological polar surface area (TPSA) is 38.3 Å². The van der Waals surface area contributed by atoms with Crippen molar-refractivity contribution in [3.63, 3.8) is 0 Å². The van der Waals surface area contributed by atoms with E-state index >= 15 is 0 Å². The van der Waals surface area contributed by atoms with Crippen LogP contribution in [0.3, 0.4) is 0 Å². The van der Waals surface area contributed by atoms with Crippen LogP contribution in [0.25, 0.3) is 0 Å². The molecule has 0 aromatic heterocycles. The van der Waals surface area contributed by atoms with E-state index in [1.165, 1.54) is 12.1 Å². The summed E-state index contributed by atoms with van der Waals surface area (Å²) >= 11 is 0. The molecule has 0 unspecified atom stereocenters. The number of rotatable bonds is 7. The lowest BCUT2D eigenvalue weighted by Gasteiger charge is -2.20. The molecular formula is C23H22FNO2. The summed E-state index contributed by atoms with van der Waals surface area (Å²) in [5, 5.41) is 3.34. The lowest BCUT2D eigenvalue weighted by atomic mass is 9.97. The molecule has 0 bridgehead atoms. The Morgan fingerprint density at radius 3 is 2.19 bits per heavy atom. The summed E-state index contributed by atoms with van der Waals surface area (Å²) in [6.07, 6.45) is 0.284. The van der Waals surface area contributed by atoms with Gasteiger partial charge in [0.25, 0.3) is 0 Å². The second-order valence-corrected chi connectivity index (χ2v) is 6.47. The molecule has 138 valence electrons. The summed E-state index contributed by atoms with van der Waals surface area (Å²) in [5.74, 6) is 0.506. The van der Waals surface area contributed by atoms with Gasteiger partial charge in [0, 0.05) is 17.7 Å². The van der Waals surface area contributed by atoms with Crippen LogP contribution in [0.4, 0.5) is 10.1 Å². The van der Waals surface area contributed by atoms with Crippen molar-refractivity contribution in [1.29, 1.82) is 0 Å². The molecular weight excluding hydrogens is 341 g/mol. The second kappa shape index (κ2) is 8.49. The summed E-state index contributed by atoms with van der Waals surface area (Å²) in [6.45, 7) is 1.99. The van der Waals surface area contributed by atoms with Gasteiger partial charge >= 0.3 is 0 Å². The summed E-state index contributed by atoms with van der Waals surface area (Å²) in [5.41, 5.74) is 3.51. The van der Waals surface area contributed by atoms with Gasteiger partial charge in [0.05, 0.1) is 13.2 Å². The normalized spacial score (nSPS) is 11.7.